The van der Waals surface area contributed by atoms with Crippen molar-refractivity contribution < 1.29 is 4.79 Å². The number of nitrogen functional groups attached to an aromatic ring is 1. The summed E-state index contributed by atoms with van der Waals surface area (Å²) in [6.45, 7) is 0. The van der Waals surface area contributed by atoms with Gasteiger partial charge in [-0.15, -0.1) is 0 Å². The molecule has 102 valence electrons. The van der Waals surface area contributed by atoms with Crippen molar-refractivity contribution in [1.29, 1.82) is 0 Å². The summed E-state index contributed by atoms with van der Waals surface area (Å²) in [5.41, 5.74) is 7.94. The van der Waals surface area contributed by atoms with Crippen LogP contribution >= 0.6 is 11.6 Å². The minimum atomic E-state index is -0.165. The molecule has 20 heavy (non-hydrogen) atoms. The van der Waals surface area contributed by atoms with Gasteiger partial charge in [-0.25, -0.2) is 4.98 Å². The number of nitrogens with zero attached hydrogens (tertiary/aromatic N) is 1. The maximum Gasteiger partial charge on any atom is 0.255 e. The zero-order valence-electron chi connectivity index (χ0n) is 10.8. The third kappa shape index (κ3) is 2.75. The molecule has 1 aromatic heterocycles. The van der Waals surface area contributed by atoms with Crippen LogP contribution in [0.15, 0.2) is 36.5 Å². The van der Waals surface area contributed by atoms with Gasteiger partial charge in [0, 0.05) is 22.8 Å². The topological polar surface area (TPSA) is 68.0 Å². The fraction of sp³-hybridized carbons (Fsp3) is 0.200. The molecule has 1 aliphatic rings. The van der Waals surface area contributed by atoms with Gasteiger partial charge in [0.25, 0.3) is 5.91 Å². The number of carbonyl (C=O) groups is 1. The number of amides is 1. The molecule has 0 aliphatic heterocycles. The maximum atomic E-state index is 12.1. The van der Waals surface area contributed by atoms with Gasteiger partial charge in [-0.3, -0.25) is 4.79 Å². The van der Waals surface area contributed by atoms with Crippen molar-refractivity contribution in [3.63, 3.8) is 0 Å². The second-order valence-corrected chi connectivity index (χ2v) is 5.35. The van der Waals surface area contributed by atoms with Gasteiger partial charge in [-0.05, 0) is 36.6 Å². The van der Waals surface area contributed by atoms with Crippen LogP contribution < -0.4 is 11.1 Å². The summed E-state index contributed by atoms with van der Waals surface area (Å²) in [6.07, 6.45) is 3.72. The van der Waals surface area contributed by atoms with Crippen LogP contribution in [0, 0.1) is 0 Å². The monoisotopic (exact) mass is 287 g/mol. The number of carbonyl (C=O) groups excluding carboxylic acids is 1. The van der Waals surface area contributed by atoms with Gasteiger partial charge in [-0.2, -0.15) is 0 Å². The first-order chi connectivity index (χ1) is 9.63. The minimum Gasteiger partial charge on any atom is -0.383 e. The summed E-state index contributed by atoms with van der Waals surface area (Å²) < 4.78 is 0. The Morgan fingerprint density at radius 2 is 2.10 bits per heavy atom. The highest BCUT2D eigenvalue weighted by Crippen LogP contribution is 2.25. The van der Waals surface area contributed by atoms with Crippen molar-refractivity contribution >= 4 is 23.3 Å². The first kappa shape index (κ1) is 12.9. The second-order valence-electron chi connectivity index (χ2n) is 4.91. The SMILES string of the molecule is Nc1ncc(-c2cccc(Cl)c2)cc1C(=O)NC1CC1. The van der Waals surface area contributed by atoms with Crippen LogP contribution in [0.2, 0.25) is 5.02 Å². The highest BCUT2D eigenvalue weighted by Gasteiger charge is 2.25. The van der Waals surface area contributed by atoms with E-state index in [1.54, 1.807) is 18.3 Å². The fourth-order valence-corrected chi connectivity index (χ4v) is 2.16. The number of aromatic nitrogens is 1. The van der Waals surface area contributed by atoms with Crippen molar-refractivity contribution in [3.8, 4) is 11.1 Å². The molecule has 0 unspecified atom stereocenters. The average Bonchev–Trinajstić information content (AvgIpc) is 3.23. The van der Waals surface area contributed by atoms with Crippen LogP contribution in [0.3, 0.4) is 0 Å². The van der Waals surface area contributed by atoms with E-state index < -0.39 is 0 Å². The number of anilines is 1. The molecule has 1 aliphatic carbocycles. The van der Waals surface area contributed by atoms with Gasteiger partial charge in [0.15, 0.2) is 0 Å². The lowest BCUT2D eigenvalue weighted by Gasteiger charge is -2.08. The van der Waals surface area contributed by atoms with Crippen molar-refractivity contribution in [2.75, 3.05) is 5.73 Å². The molecule has 1 fully saturated rings. The van der Waals surface area contributed by atoms with Gasteiger partial charge < -0.3 is 11.1 Å². The van der Waals surface area contributed by atoms with E-state index in [0.29, 0.717) is 10.6 Å². The van der Waals surface area contributed by atoms with Crippen LogP contribution in [0.1, 0.15) is 23.2 Å². The van der Waals surface area contributed by atoms with Crippen LogP contribution in [-0.2, 0) is 0 Å². The average molecular weight is 288 g/mol. The van der Waals surface area contributed by atoms with Crippen molar-refractivity contribution in [2.24, 2.45) is 0 Å². The number of benzene rings is 1. The van der Waals surface area contributed by atoms with Crippen LogP contribution in [0.4, 0.5) is 5.82 Å². The van der Waals surface area contributed by atoms with Gasteiger partial charge in [0.1, 0.15) is 5.82 Å². The fourth-order valence-electron chi connectivity index (χ4n) is 1.97. The number of halogens is 1. The third-order valence-electron chi connectivity index (χ3n) is 3.23. The molecule has 0 radical (unpaired) electrons. The first-order valence-corrected chi connectivity index (χ1v) is 6.83. The third-order valence-corrected chi connectivity index (χ3v) is 3.47. The molecule has 3 N–H and O–H groups in total. The molecular formula is C15H14ClN3O. The highest BCUT2D eigenvalue weighted by atomic mass is 35.5. The molecule has 0 atom stereocenters. The lowest BCUT2D eigenvalue weighted by atomic mass is 10.1. The van der Waals surface area contributed by atoms with Crippen molar-refractivity contribution in [2.45, 2.75) is 18.9 Å². The zero-order valence-corrected chi connectivity index (χ0v) is 11.5. The Morgan fingerprint density at radius 1 is 1.30 bits per heavy atom. The van der Waals surface area contributed by atoms with Crippen molar-refractivity contribution in [3.05, 3.63) is 47.1 Å². The number of nitrogens with one attached hydrogen (secondary N) is 1. The van der Waals surface area contributed by atoms with E-state index in [9.17, 15) is 4.79 Å². The molecular weight excluding hydrogens is 274 g/mol. The smallest absolute Gasteiger partial charge is 0.255 e. The lowest BCUT2D eigenvalue weighted by molar-refractivity contribution is 0.0951. The molecule has 1 amide bonds. The molecule has 1 aromatic carbocycles. The Bertz CT molecular complexity index is 668. The first-order valence-electron chi connectivity index (χ1n) is 6.46. The molecule has 3 rings (SSSR count). The minimum absolute atomic E-state index is 0.165. The summed E-state index contributed by atoms with van der Waals surface area (Å²) in [6, 6.07) is 9.45. The van der Waals surface area contributed by atoms with Gasteiger partial charge in [-0.1, -0.05) is 23.7 Å². The summed E-state index contributed by atoms with van der Waals surface area (Å²) in [5.74, 6) is 0.0790. The predicted molar refractivity (Wildman–Crippen MR) is 79.6 cm³/mol. The van der Waals surface area contributed by atoms with Crippen LogP contribution in [-0.4, -0.2) is 16.9 Å². The maximum absolute atomic E-state index is 12.1. The summed E-state index contributed by atoms with van der Waals surface area (Å²) >= 11 is 5.98. The molecule has 4 nitrogen and oxygen atoms in total. The Morgan fingerprint density at radius 3 is 2.80 bits per heavy atom. The van der Waals surface area contributed by atoms with E-state index in [1.807, 2.05) is 18.2 Å². The molecule has 2 aromatic rings. The van der Waals surface area contributed by atoms with E-state index in [0.717, 1.165) is 24.0 Å². The largest absolute Gasteiger partial charge is 0.383 e. The van der Waals surface area contributed by atoms with E-state index in [4.69, 9.17) is 17.3 Å². The summed E-state index contributed by atoms with van der Waals surface area (Å²) in [7, 11) is 0. The number of nitrogens with two attached hydrogens (primary N) is 1. The van der Waals surface area contributed by atoms with Gasteiger partial charge in [0.2, 0.25) is 0 Å². The molecule has 0 saturated heterocycles. The molecule has 0 bridgehead atoms. The van der Waals surface area contributed by atoms with E-state index >= 15 is 0 Å². The standard InChI is InChI=1S/C15H14ClN3O/c16-11-3-1-2-9(6-11)10-7-13(14(17)18-8-10)15(20)19-12-4-5-12/h1-3,6-8,12H,4-5H2,(H2,17,18)(H,19,20). The van der Waals surface area contributed by atoms with Crippen LogP contribution in [0.25, 0.3) is 11.1 Å². The number of hydrogen-bond donors (Lipinski definition) is 2. The Balaban J connectivity index is 1.95. The van der Waals surface area contributed by atoms with Crippen LogP contribution in [0.5, 0.6) is 0 Å². The quantitative estimate of drug-likeness (QED) is 0.912. The number of pyridine rings is 1. The van der Waals surface area contributed by atoms with E-state index in [1.165, 1.54) is 0 Å². The van der Waals surface area contributed by atoms with Crippen molar-refractivity contribution in [1.82, 2.24) is 10.3 Å². The number of rotatable bonds is 3. The van der Waals surface area contributed by atoms with Gasteiger partial charge >= 0.3 is 0 Å². The molecule has 0 spiro atoms. The van der Waals surface area contributed by atoms with E-state index in [2.05, 4.69) is 10.3 Å². The second kappa shape index (κ2) is 5.13. The summed E-state index contributed by atoms with van der Waals surface area (Å²) in [5, 5.41) is 3.56. The Hall–Kier alpha value is -2.07. The Labute approximate surface area is 122 Å². The number of hydrogen-bond acceptors (Lipinski definition) is 3. The molecule has 5 heteroatoms. The normalized spacial score (nSPS) is 14.1. The summed E-state index contributed by atoms with van der Waals surface area (Å²) in [4.78, 5) is 16.2. The predicted octanol–water partition coefficient (Wildman–Crippen LogP) is 2.88. The lowest BCUT2D eigenvalue weighted by Crippen LogP contribution is -2.26. The Kier molecular flexibility index (Phi) is 3.32. The molecule has 1 saturated carbocycles. The molecule has 1 heterocycles. The van der Waals surface area contributed by atoms with E-state index in [-0.39, 0.29) is 17.8 Å². The highest BCUT2D eigenvalue weighted by molar-refractivity contribution is 6.30. The zero-order chi connectivity index (χ0) is 14.1. The van der Waals surface area contributed by atoms with Gasteiger partial charge in [0.05, 0.1) is 5.56 Å².